The molecule has 1 aliphatic heterocycles. The lowest BCUT2D eigenvalue weighted by atomic mass is 10.0. The molecule has 1 aliphatic rings. The first-order valence-electron chi connectivity index (χ1n) is 10.6. The molecular formula is C21H31FN4O3S2. The molecule has 1 atom stereocenters. The van der Waals surface area contributed by atoms with E-state index in [9.17, 15) is 12.8 Å². The van der Waals surface area contributed by atoms with Gasteiger partial charge in [-0.3, -0.25) is 0 Å². The Bertz CT molecular complexity index is 969. The predicted molar refractivity (Wildman–Crippen MR) is 123 cm³/mol. The van der Waals surface area contributed by atoms with Crippen LogP contribution in [0.5, 0.6) is 0 Å². The smallest absolute Gasteiger partial charge is 0.243 e. The van der Waals surface area contributed by atoms with Crippen molar-refractivity contribution >= 4 is 32.2 Å². The van der Waals surface area contributed by atoms with E-state index >= 15 is 0 Å². The standard InChI is InChI=1S/C21H31FN4O3S2/c1-15(7-13-27)6-8-23-20-5-4-18(14-19(20)22)31(28,29)26-11-9-25(10-12-26)21-24-16(2)17(3)30-21/h4-5,14-15,23,27H,6-13H2,1-3H3. The highest BCUT2D eigenvalue weighted by molar-refractivity contribution is 7.89. The summed E-state index contributed by atoms with van der Waals surface area (Å²) in [6.45, 7) is 8.51. The number of hydrogen-bond acceptors (Lipinski definition) is 7. The lowest BCUT2D eigenvalue weighted by Crippen LogP contribution is -2.48. The molecule has 172 valence electrons. The molecule has 1 aromatic heterocycles. The van der Waals surface area contributed by atoms with Crippen molar-refractivity contribution in [1.29, 1.82) is 0 Å². The van der Waals surface area contributed by atoms with E-state index in [0.717, 1.165) is 28.2 Å². The van der Waals surface area contributed by atoms with Crippen molar-refractivity contribution in [2.45, 2.75) is 38.5 Å². The first-order valence-corrected chi connectivity index (χ1v) is 12.8. The normalized spacial score (nSPS) is 16.5. The molecule has 2 heterocycles. The summed E-state index contributed by atoms with van der Waals surface area (Å²) < 4.78 is 42.0. The molecule has 7 nitrogen and oxygen atoms in total. The Morgan fingerprint density at radius 2 is 1.94 bits per heavy atom. The summed E-state index contributed by atoms with van der Waals surface area (Å²) in [4.78, 5) is 7.79. The van der Waals surface area contributed by atoms with Gasteiger partial charge in [0, 0.05) is 44.2 Å². The number of aliphatic hydroxyl groups excluding tert-OH is 1. The molecule has 2 aromatic rings. The van der Waals surface area contributed by atoms with Crippen molar-refractivity contribution < 1.29 is 17.9 Å². The lowest BCUT2D eigenvalue weighted by Gasteiger charge is -2.33. The number of sulfonamides is 1. The van der Waals surface area contributed by atoms with Gasteiger partial charge in [0.1, 0.15) is 5.82 Å². The third-order valence-electron chi connectivity index (χ3n) is 5.68. The minimum Gasteiger partial charge on any atom is -0.396 e. The zero-order valence-corrected chi connectivity index (χ0v) is 19.9. The zero-order valence-electron chi connectivity index (χ0n) is 18.3. The second kappa shape index (κ2) is 10.2. The number of benzene rings is 1. The van der Waals surface area contributed by atoms with Crippen LogP contribution >= 0.6 is 11.3 Å². The van der Waals surface area contributed by atoms with Crippen LogP contribution in [-0.2, 0) is 10.0 Å². The van der Waals surface area contributed by atoms with Crippen molar-refractivity contribution in [2.75, 3.05) is 49.5 Å². The number of aliphatic hydroxyl groups is 1. The van der Waals surface area contributed by atoms with E-state index in [4.69, 9.17) is 5.11 Å². The van der Waals surface area contributed by atoms with Gasteiger partial charge in [-0.25, -0.2) is 17.8 Å². The van der Waals surface area contributed by atoms with Gasteiger partial charge in [0.25, 0.3) is 0 Å². The van der Waals surface area contributed by atoms with E-state index in [0.29, 0.717) is 45.1 Å². The number of nitrogens with one attached hydrogen (secondary N) is 1. The Morgan fingerprint density at radius 3 is 2.52 bits per heavy atom. The fraction of sp³-hybridized carbons (Fsp3) is 0.571. The highest BCUT2D eigenvalue weighted by atomic mass is 32.2. The van der Waals surface area contributed by atoms with Crippen LogP contribution < -0.4 is 10.2 Å². The van der Waals surface area contributed by atoms with E-state index in [1.165, 1.54) is 16.4 Å². The summed E-state index contributed by atoms with van der Waals surface area (Å²) in [7, 11) is -3.76. The maximum atomic E-state index is 14.5. The quantitative estimate of drug-likeness (QED) is 0.585. The minimum atomic E-state index is -3.76. The molecule has 0 aliphatic carbocycles. The number of aromatic nitrogens is 1. The number of anilines is 2. The molecule has 2 N–H and O–H groups in total. The third kappa shape index (κ3) is 5.74. The molecule has 10 heteroatoms. The number of thiazole rings is 1. The average molecular weight is 471 g/mol. The number of rotatable bonds is 9. The van der Waals surface area contributed by atoms with Crippen LogP contribution in [-0.4, -0.2) is 62.1 Å². The van der Waals surface area contributed by atoms with Gasteiger partial charge < -0.3 is 15.3 Å². The van der Waals surface area contributed by atoms with E-state index in [1.807, 2.05) is 20.8 Å². The van der Waals surface area contributed by atoms with Crippen molar-refractivity contribution in [3.63, 3.8) is 0 Å². The highest BCUT2D eigenvalue weighted by Gasteiger charge is 2.30. The van der Waals surface area contributed by atoms with E-state index in [2.05, 4.69) is 15.2 Å². The largest absolute Gasteiger partial charge is 0.396 e. The maximum Gasteiger partial charge on any atom is 0.243 e. The Kier molecular flexibility index (Phi) is 7.90. The van der Waals surface area contributed by atoms with Gasteiger partial charge in [0.2, 0.25) is 10.0 Å². The van der Waals surface area contributed by atoms with Gasteiger partial charge in [-0.05, 0) is 50.8 Å². The Labute approximate surface area is 188 Å². The molecule has 0 spiro atoms. The molecule has 0 saturated carbocycles. The molecule has 3 rings (SSSR count). The molecule has 0 radical (unpaired) electrons. The van der Waals surface area contributed by atoms with Crippen molar-refractivity contribution in [2.24, 2.45) is 5.92 Å². The number of hydrogen-bond donors (Lipinski definition) is 2. The zero-order chi connectivity index (χ0) is 22.6. The summed E-state index contributed by atoms with van der Waals surface area (Å²) in [5.41, 5.74) is 1.29. The summed E-state index contributed by atoms with van der Waals surface area (Å²) in [5, 5.41) is 12.9. The number of aryl methyl sites for hydroxylation is 2. The number of piperazine rings is 1. The lowest BCUT2D eigenvalue weighted by molar-refractivity contribution is 0.260. The van der Waals surface area contributed by atoms with Crippen LogP contribution in [0, 0.1) is 25.6 Å². The maximum absolute atomic E-state index is 14.5. The van der Waals surface area contributed by atoms with Crippen LogP contribution in [0.25, 0.3) is 0 Å². The number of halogens is 1. The van der Waals surface area contributed by atoms with Crippen LogP contribution in [0.1, 0.15) is 30.3 Å². The van der Waals surface area contributed by atoms with Crippen LogP contribution in [0.15, 0.2) is 23.1 Å². The molecule has 31 heavy (non-hydrogen) atoms. The van der Waals surface area contributed by atoms with Crippen molar-refractivity contribution in [3.05, 3.63) is 34.6 Å². The van der Waals surface area contributed by atoms with Crippen molar-refractivity contribution in [1.82, 2.24) is 9.29 Å². The van der Waals surface area contributed by atoms with Crippen LogP contribution in [0.4, 0.5) is 15.2 Å². The Balaban J connectivity index is 1.61. The third-order valence-corrected chi connectivity index (χ3v) is 8.71. The second-order valence-electron chi connectivity index (χ2n) is 8.00. The summed E-state index contributed by atoms with van der Waals surface area (Å²) in [5.74, 6) is -0.251. The molecule has 0 bridgehead atoms. The van der Waals surface area contributed by atoms with Crippen LogP contribution in [0.3, 0.4) is 0 Å². The van der Waals surface area contributed by atoms with Gasteiger partial charge >= 0.3 is 0 Å². The SMILES string of the molecule is Cc1nc(N2CCN(S(=O)(=O)c3ccc(NCCC(C)CCO)c(F)c3)CC2)sc1C. The summed E-state index contributed by atoms with van der Waals surface area (Å²) in [6, 6.07) is 4.03. The molecule has 1 aromatic carbocycles. The van der Waals surface area contributed by atoms with E-state index in [-0.39, 0.29) is 17.2 Å². The monoisotopic (exact) mass is 470 g/mol. The molecular weight excluding hydrogens is 439 g/mol. The first kappa shape index (κ1) is 23.9. The predicted octanol–water partition coefficient (Wildman–Crippen LogP) is 3.23. The van der Waals surface area contributed by atoms with Gasteiger partial charge in [-0.1, -0.05) is 6.92 Å². The summed E-state index contributed by atoms with van der Waals surface area (Å²) >= 11 is 1.62. The van der Waals surface area contributed by atoms with E-state index in [1.54, 1.807) is 11.3 Å². The topological polar surface area (TPSA) is 85.8 Å². The van der Waals surface area contributed by atoms with Crippen LogP contribution in [0.2, 0.25) is 0 Å². The first-order chi connectivity index (χ1) is 14.7. The Hall–Kier alpha value is -1.75. The fourth-order valence-electron chi connectivity index (χ4n) is 3.48. The van der Waals surface area contributed by atoms with Gasteiger partial charge in [-0.15, -0.1) is 11.3 Å². The van der Waals surface area contributed by atoms with Gasteiger partial charge in [0.15, 0.2) is 5.13 Å². The van der Waals surface area contributed by atoms with E-state index < -0.39 is 15.8 Å². The molecule has 1 unspecified atom stereocenters. The van der Waals surface area contributed by atoms with Gasteiger partial charge in [-0.2, -0.15) is 4.31 Å². The van der Waals surface area contributed by atoms with Gasteiger partial charge in [0.05, 0.1) is 16.3 Å². The molecule has 1 fully saturated rings. The number of nitrogens with zero attached hydrogens (tertiary/aromatic N) is 3. The highest BCUT2D eigenvalue weighted by Crippen LogP contribution is 2.28. The molecule has 0 amide bonds. The Morgan fingerprint density at radius 1 is 1.23 bits per heavy atom. The summed E-state index contributed by atoms with van der Waals surface area (Å²) in [6.07, 6.45) is 1.50. The average Bonchev–Trinajstić information content (AvgIpc) is 3.08. The minimum absolute atomic E-state index is 0.0291. The fourth-order valence-corrected chi connectivity index (χ4v) is 5.87. The second-order valence-corrected chi connectivity index (χ2v) is 11.1. The molecule has 1 saturated heterocycles. The van der Waals surface area contributed by atoms with Crippen molar-refractivity contribution in [3.8, 4) is 0 Å².